The summed E-state index contributed by atoms with van der Waals surface area (Å²) >= 11 is 0. The van der Waals surface area contributed by atoms with Gasteiger partial charge in [-0.3, -0.25) is 4.90 Å². The molecule has 3 aliphatic rings. The number of hydrogen-bond donors (Lipinski definition) is 0. The highest BCUT2D eigenvalue weighted by Gasteiger charge is 2.43. The first kappa shape index (κ1) is 7.37. The fraction of sp³-hybridized carbons (Fsp3) is 1.00. The zero-order valence-corrected chi connectivity index (χ0v) is 8.00. The first-order chi connectivity index (χ1) is 5.83. The first-order valence-corrected chi connectivity index (χ1v) is 5.57. The molecule has 0 aromatic rings. The van der Waals surface area contributed by atoms with Crippen LogP contribution in [0.15, 0.2) is 0 Å². The third kappa shape index (κ3) is 0.953. The fourth-order valence-corrected chi connectivity index (χ4v) is 3.83. The SMILES string of the molecule is CC1CC2C3CCC(C3)CN2C1. The van der Waals surface area contributed by atoms with Crippen molar-refractivity contribution in [2.45, 2.75) is 38.6 Å². The highest BCUT2D eigenvalue weighted by atomic mass is 15.2. The van der Waals surface area contributed by atoms with Crippen molar-refractivity contribution in [1.29, 1.82) is 0 Å². The van der Waals surface area contributed by atoms with Gasteiger partial charge in [-0.15, -0.1) is 0 Å². The Morgan fingerprint density at radius 2 is 2.00 bits per heavy atom. The van der Waals surface area contributed by atoms with Crippen molar-refractivity contribution < 1.29 is 0 Å². The molecule has 0 amide bonds. The van der Waals surface area contributed by atoms with Crippen molar-refractivity contribution in [3.63, 3.8) is 0 Å². The van der Waals surface area contributed by atoms with Crippen LogP contribution in [-0.4, -0.2) is 24.0 Å². The third-order valence-corrected chi connectivity index (χ3v) is 4.28. The second kappa shape index (κ2) is 2.47. The molecule has 3 fully saturated rings. The molecule has 0 radical (unpaired) electrons. The molecule has 1 saturated carbocycles. The molecule has 1 aliphatic carbocycles. The molecule has 0 spiro atoms. The Balaban J connectivity index is 1.82. The number of hydrogen-bond acceptors (Lipinski definition) is 1. The summed E-state index contributed by atoms with van der Waals surface area (Å²) in [5, 5.41) is 0. The Bertz CT molecular complexity index is 189. The molecule has 4 unspecified atom stereocenters. The summed E-state index contributed by atoms with van der Waals surface area (Å²) in [6, 6.07) is 0.999. The van der Waals surface area contributed by atoms with Gasteiger partial charge in [0.1, 0.15) is 0 Å². The highest BCUT2D eigenvalue weighted by molar-refractivity contribution is 4.97. The largest absolute Gasteiger partial charge is 0.300 e. The van der Waals surface area contributed by atoms with Gasteiger partial charge in [-0.25, -0.2) is 0 Å². The summed E-state index contributed by atoms with van der Waals surface area (Å²) in [5.41, 5.74) is 0. The summed E-state index contributed by atoms with van der Waals surface area (Å²) in [6.07, 6.45) is 6.13. The molecule has 3 rings (SSSR count). The van der Waals surface area contributed by atoms with Crippen LogP contribution in [0.4, 0.5) is 0 Å². The van der Waals surface area contributed by atoms with E-state index >= 15 is 0 Å². The predicted molar refractivity (Wildman–Crippen MR) is 50.0 cm³/mol. The van der Waals surface area contributed by atoms with Crippen molar-refractivity contribution in [2.24, 2.45) is 17.8 Å². The van der Waals surface area contributed by atoms with Gasteiger partial charge in [0, 0.05) is 19.1 Å². The third-order valence-electron chi connectivity index (χ3n) is 4.28. The van der Waals surface area contributed by atoms with Gasteiger partial charge in [0.15, 0.2) is 0 Å². The van der Waals surface area contributed by atoms with Gasteiger partial charge >= 0.3 is 0 Å². The molecule has 68 valence electrons. The van der Waals surface area contributed by atoms with Crippen LogP contribution in [0.1, 0.15) is 32.6 Å². The Hall–Kier alpha value is -0.0400. The zero-order valence-electron chi connectivity index (χ0n) is 8.00. The van der Waals surface area contributed by atoms with E-state index in [1.807, 2.05) is 0 Å². The van der Waals surface area contributed by atoms with Gasteiger partial charge in [0.25, 0.3) is 0 Å². The van der Waals surface area contributed by atoms with E-state index in [1.165, 1.54) is 25.9 Å². The molecule has 0 aromatic carbocycles. The van der Waals surface area contributed by atoms with Gasteiger partial charge in [-0.2, -0.15) is 0 Å². The smallest absolute Gasteiger partial charge is 0.0127 e. The zero-order chi connectivity index (χ0) is 8.13. The minimum atomic E-state index is 0.981. The second-order valence-corrected chi connectivity index (χ2v) is 5.30. The average molecular weight is 165 g/mol. The lowest BCUT2D eigenvalue weighted by Crippen LogP contribution is -2.40. The standard InChI is InChI=1S/C11H19N/c1-8-4-11-10-3-2-9(5-10)7-12(11)6-8/h8-11H,2-7H2,1H3. The van der Waals surface area contributed by atoms with Crippen molar-refractivity contribution in [3.8, 4) is 0 Å². The molecule has 4 atom stereocenters. The van der Waals surface area contributed by atoms with Crippen LogP contribution in [0.3, 0.4) is 0 Å². The van der Waals surface area contributed by atoms with Crippen LogP contribution >= 0.6 is 0 Å². The summed E-state index contributed by atoms with van der Waals surface area (Å²) in [4.78, 5) is 2.79. The van der Waals surface area contributed by atoms with Crippen LogP contribution in [0.25, 0.3) is 0 Å². The summed E-state index contributed by atoms with van der Waals surface area (Å²) in [6.45, 7) is 5.26. The number of fused-ring (bicyclic) bond motifs is 4. The average Bonchev–Trinajstić information content (AvgIpc) is 2.57. The van der Waals surface area contributed by atoms with Gasteiger partial charge in [0.05, 0.1) is 0 Å². The van der Waals surface area contributed by atoms with E-state index in [-0.39, 0.29) is 0 Å². The van der Waals surface area contributed by atoms with Crippen molar-refractivity contribution in [3.05, 3.63) is 0 Å². The van der Waals surface area contributed by atoms with Crippen molar-refractivity contribution in [2.75, 3.05) is 13.1 Å². The maximum Gasteiger partial charge on any atom is 0.0127 e. The van der Waals surface area contributed by atoms with Crippen LogP contribution in [0.2, 0.25) is 0 Å². The van der Waals surface area contributed by atoms with E-state index in [0.29, 0.717) is 0 Å². The maximum absolute atomic E-state index is 2.79. The predicted octanol–water partition coefficient (Wildman–Crippen LogP) is 2.13. The first-order valence-electron chi connectivity index (χ1n) is 5.57. The molecule has 12 heavy (non-hydrogen) atoms. The normalized spacial score (nSPS) is 52.8. The Morgan fingerprint density at radius 3 is 2.92 bits per heavy atom. The minimum Gasteiger partial charge on any atom is -0.300 e. The summed E-state index contributed by atoms with van der Waals surface area (Å²) < 4.78 is 0. The molecular weight excluding hydrogens is 146 g/mol. The molecule has 1 heteroatoms. The monoisotopic (exact) mass is 165 g/mol. The molecule has 1 nitrogen and oxygen atoms in total. The van der Waals surface area contributed by atoms with Crippen LogP contribution in [0.5, 0.6) is 0 Å². The molecule has 2 heterocycles. The second-order valence-electron chi connectivity index (χ2n) is 5.30. The lowest BCUT2D eigenvalue weighted by Gasteiger charge is -2.34. The van der Waals surface area contributed by atoms with Gasteiger partial charge < -0.3 is 0 Å². The van der Waals surface area contributed by atoms with Crippen LogP contribution in [-0.2, 0) is 0 Å². The quantitative estimate of drug-likeness (QED) is 0.531. The molecule has 0 N–H and O–H groups in total. The van der Waals surface area contributed by atoms with E-state index in [1.54, 1.807) is 12.8 Å². The lowest BCUT2D eigenvalue weighted by molar-refractivity contribution is 0.132. The van der Waals surface area contributed by atoms with E-state index in [0.717, 1.165) is 23.8 Å². The number of rotatable bonds is 0. The molecule has 2 saturated heterocycles. The van der Waals surface area contributed by atoms with Crippen LogP contribution in [0, 0.1) is 17.8 Å². The molecular formula is C11H19N. The summed E-state index contributed by atoms with van der Waals surface area (Å²) in [5.74, 6) is 3.15. The van der Waals surface area contributed by atoms with Gasteiger partial charge in [0.2, 0.25) is 0 Å². The van der Waals surface area contributed by atoms with Gasteiger partial charge in [-0.05, 0) is 43.4 Å². The number of nitrogens with zero attached hydrogens (tertiary/aromatic N) is 1. The van der Waals surface area contributed by atoms with E-state index in [4.69, 9.17) is 0 Å². The molecule has 2 bridgehead atoms. The molecule has 2 aliphatic heterocycles. The fourth-order valence-electron chi connectivity index (χ4n) is 3.83. The summed E-state index contributed by atoms with van der Waals surface area (Å²) in [7, 11) is 0. The van der Waals surface area contributed by atoms with Crippen molar-refractivity contribution >= 4 is 0 Å². The Morgan fingerprint density at radius 1 is 1.08 bits per heavy atom. The topological polar surface area (TPSA) is 3.24 Å². The van der Waals surface area contributed by atoms with E-state index in [9.17, 15) is 0 Å². The number of piperidine rings is 1. The lowest BCUT2D eigenvalue weighted by atomic mass is 9.90. The van der Waals surface area contributed by atoms with Crippen LogP contribution < -0.4 is 0 Å². The van der Waals surface area contributed by atoms with Crippen molar-refractivity contribution in [1.82, 2.24) is 4.90 Å². The molecule has 0 aromatic heterocycles. The minimum absolute atomic E-state index is 0.981. The Kier molecular flexibility index (Phi) is 1.52. The maximum atomic E-state index is 2.79. The van der Waals surface area contributed by atoms with Gasteiger partial charge in [-0.1, -0.05) is 6.92 Å². The highest BCUT2D eigenvalue weighted by Crippen LogP contribution is 2.45. The van der Waals surface area contributed by atoms with E-state index < -0.39 is 0 Å². The van der Waals surface area contributed by atoms with E-state index in [2.05, 4.69) is 11.8 Å². The Labute approximate surface area is 75.1 Å².